The third-order valence-corrected chi connectivity index (χ3v) is 4.01. The largest absolute Gasteiger partial charge is 0.416 e. The average Bonchev–Trinajstić information content (AvgIpc) is 2.28. The number of hydrogen-bond donors (Lipinski definition) is 1. The topological polar surface area (TPSA) is 46.2 Å². The van der Waals surface area contributed by atoms with Crippen LogP contribution in [-0.4, -0.2) is 14.2 Å². The van der Waals surface area contributed by atoms with E-state index in [1.165, 1.54) is 0 Å². The van der Waals surface area contributed by atoms with Crippen LogP contribution in [0.1, 0.15) is 25.3 Å². The van der Waals surface area contributed by atoms with Crippen LogP contribution in [0.25, 0.3) is 0 Å². The van der Waals surface area contributed by atoms with E-state index in [1.807, 2.05) is 6.92 Å². The van der Waals surface area contributed by atoms with Gasteiger partial charge in [-0.15, -0.1) is 0 Å². The van der Waals surface area contributed by atoms with E-state index in [2.05, 4.69) is 4.72 Å². The summed E-state index contributed by atoms with van der Waals surface area (Å²) in [6.45, 7) is 1.81. The van der Waals surface area contributed by atoms with Crippen molar-refractivity contribution < 1.29 is 21.6 Å². The van der Waals surface area contributed by atoms with Crippen molar-refractivity contribution >= 4 is 27.3 Å². The first-order chi connectivity index (χ1) is 8.65. The van der Waals surface area contributed by atoms with Crippen molar-refractivity contribution in [1.82, 2.24) is 0 Å². The van der Waals surface area contributed by atoms with Crippen molar-refractivity contribution in [1.29, 1.82) is 0 Å². The van der Waals surface area contributed by atoms with Crippen molar-refractivity contribution in [3.63, 3.8) is 0 Å². The molecule has 1 rings (SSSR count). The number of anilines is 1. The highest BCUT2D eigenvalue weighted by Crippen LogP contribution is 2.34. The molecule has 1 aromatic rings. The third-order valence-electron chi connectivity index (χ3n) is 2.33. The molecule has 0 saturated heterocycles. The van der Waals surface area contributed by atoms with Crippen LogP contribution in [0.15, 0.2) is 18.2 Å². The van der Waals surface area contributed by atoms with Crippen LogP contribution in [0.3, 0.4) is 0 Å². The Labute approximate surface area is 114 Å². The third kappa shape index (κ3) is 4.91. The molecule has 0 aliphatic carbocycles. The van der Waals surface area contributed by atoms with Crippen molar-refractivity contribution in [2.75, 3.05) is 10.5 Å². The van der Waals surface area contributed by atoms with E-state index in [-0.39, 0.29) is 16.5 Å². The number of sulfonamides is 1. The van der Waals surface area contributed by atoms with E-state index in [0.717, 1.165) is 12.1 Å². The van der Waals surface area contributed by atoms with Gasteiger partial charge in [0.25, 0.3) is 0 Å². The first kappa shape index (κ1) is 16.1. The summed E-state index contributed by atoms with van der Waals surface area (Å²) in [4.78, 5) is 0. The Balaban J connectivity index is 3.01. The van der Waals surface area contributed by atoms with Gasteiger partial charge in [-0.3, -0.25) is 4.72 Å². The minimum Gasteiger partial charge on any atom is -0.282 e. The van der Waals surface area contributed by atoms with Crippen molar-refractivity contribution in [3.8, 4) is 0 Å². The van der Waals surface area contributed by atoms with Gasteiger partial charge in [-0.05, 0) is 24.6 Å². The fourth-order valence-electron chi connectivity index (χ4n) is 1.33. The second-order valence-electron chi connectivity index (χ2n) is 3.97. The Morgan fingerprint density at radius 2 is 1.95 bits per heavy atom. The van der Waals surface area contributed by atoms with E-state index in [9.17, 15) is 21.6 Å². The predicted molar refractivity (Wildman–Crippen MR) is 68.8 cm³/mol. The van der Waals surface area contributed by atoms with Gasteiger partial charge in [0.2, 0.25) is 10.0 Å². The Kier molecular flexibility index (Phi) is 5.09. The summed E-state index contributed by atoms with van der Waals surface area (Å²) >= 11 is 5.69. The zero-order valence-corrected chi connectivity index (χ0v) is 11.7. The molecule has 1 aromatic carbocycles. The number of nitrogens with one attached hydrogen (secondary N) is 1. The molecule has 19 heavy (non-hydrogen) atoms. The molecule has 0 fully saturated rings. The zero-order chi connectivity index (χ0) is 14.7. The lowest BCUT2D eigenvalue weighted by atomic mass is 10.2. The molecule has 0 unspecified atom stereocenters. The Hall–Kier alpha value is -0.950. The van der Waals surface area contributed by atoms with Gasteiger partial charge in [-0.25, -0.2) is 8.42 Å². The van der Waals surface area contributed by atoms with Gasteiger partial charge in [0, 0.05) is 0 Å². The predicted octanol–water partition coefficient (Wildman–Crippen LogP) is 3.90. The molecular weight excluding hydrogens is 303 g/mol. The van der Waals surface area contributed by atoms with Crippen LogP contribution in [0.2, 0.25) is 5.02 Å². The summed E-state index contributed by atoms with van der Waals surface area (Å²) in [6, 6.07) is 2.50. The summed E-state index contributed by atoms with van der Waals surface area (Å²) in [6.07, 6.45) is -3.46. The fourth-order valence-corrected chi connectivity index (χ4v) is 2.83. The van der Waals surface area contributed by atoms with Gasteiger partial charge in [0.1, 0.15) is 0 Å². The number of alkyl halides is 3. The quantitative estimate of drug-likeness (QED) is 0.895. The van der Waals surface area contributed by atoms with Gasteiger partial charge < -0.3 is 0 Å². The monoisotopic (exact) mass is 315 g/mol. The SMILES string of the molecule is CCCCS(=O)(=O)Nc1cc(C(F)(F)F)ccc1Cl. The fraction of sp³-hybridized carbons (Fsp3) is 0.455. The van der Waals surface area contributed by atoms with E-state index in [0.29, 0.717) is 18.9 Å². The molecule has 0 heterocycles. The molecule has 0 atom stereocenters. The van der Waals surface area contributed by atoms with E-state index >= 15 is 0 Å². The van der Waals surface area contributed by atoms with Crippen LogP contribution < -0.4 is 4.72 Å². The molecule has 0 aliphatic rings. The lowest BCUT2D eigenvalue weighted by Crippen LogP contribution is -2.17. The molecule has 0 radical (unpaired) electrons. The minimum absolute atomic E-state index is 0.0759. The molecule has 1 N–H and O–H groups in total. The van der Waals surface area contributed by atoms with Crippen LogP contribution in [-0.2, 0) is 16.2 Å². The number of rotatable bonds is 5. The lowest BCUT2D eigenvalue weighted by Gasteiger charge is -2.12. The van der Waals surface area contributed by atoms with Crippen LogP contribution >= 0.6 is 11.6 Å². The number of unbranched alkanes of at least 4 members (excludes halogenated alkanes) is 1. The van der Waals surface area contributed by atoms with Crippen LogP contribution in [0.4, 0.5) is 18.9 Å². The molecule has 0 aromatic heterocycles. The number of halogens is 4. The normalized spacial score (nSPS) is 12.5. The average molecular weight is 316 g/mol. The molecule has 0 aliphatic heterocycles. The molecule has 0 spiro atoms. The lowest BCUT2D eigenvalue weighted by molar-refractivity contribution is -0.137. The molecule has 0 bridgehead atoms. The second kappa shape index (κ2) is 6.00. The maximum absolute atomic E-state index is 12.5. The summed E-state index contributed by atoms with van der Waals surface area (Å²) in [5.74, 6) is -0.157. The number of hydrogen-bond acceptors (Lipinski definition) is 2. The van der Waals surface area contributed by atoms with Crippen LogP contribution in [0.5, 0.6) is 0 Å². The smallest absolute Gasteiger partial charge is 0.282 e. The standard InChI is InChI=1S/C11H13ClF3NO2S/c1-2-3-6-19(17,18)16-10-7-8(11(13,14)15)4-5-9(10)12/h4-5,7,16H,2-3,6H2,1H3. The van der Waals surface area contributed by atoms with Gasteiger partial charge in [-0.1, -0.05) is 24.9 Å². The molecule has 108 valence electrons. The molecule has 0 saturated carbocycles. The number of benzene rings is 1. The van der Waals surface area contributed by atoms with Crippen LogP contribution in [0, 0.1) is 0 Å². The summed E-state index contributed by atoms with van der Waals surface area (Å²) in [5.41, 5.74) is -1.21. The van der Waals surface area contributed by atoms with Crippen molar-refractivity contribution in [2.24, 2.45) is 0 Å². The van der Waals surface area contributed by atoms with E-state index in [4.69, 9.17) is 11.6 Å². The second-order valence-corrected chi connectivity index (χ2v) is 6.22. The summed E-state index contributed by atoms with van der Waals surface area (Å²) in [5, 5.41) is -0.0759. The Bertz CT molecular complexity index is 543. The Morgan fingerprint density at radius 3 is 2.47 bits per heavy atom. The van der Waals surface area contributed by atoms with E-state index in [1.54, 1.807) is 0 Å². The molecular formula is C11H13ClF3NO2S. The highest BCUT2D eigenvalue weighted by Gasteiger charge is 2.31. The van der Waals surface area contributed by atoms with Crippen molar-refractivity contribution in [3.05, 3.63) is 28.8 Å². The summed E-state index contributed by atoms with van der Waals surface area (Å²) < 4.78 is 62.9. The van der Waals surface area contributed by atoms with Crippen molar-refractivity contribution in [2.45, 2.75) is 25.9 Å². The van der Waals surface area contributed by atoms with E-state index < -0.39 is 21.8 Å². The maximum Gasteiger partial charge on any atom is 0.416 e. The Morgan fingerprint density at radius 1 is 1.32 bits per heavy atom. The highest BCUT2D eigenvalue weighted by atomic mass is 35.5. The van der Waals surface area contributed by atoms with Gasteiger partial charge in [0.05, 0.1) is 22.0 Å². The van der Waals surface area contributed by atoms with Gasteiger partial charge >= 0.3 is 6.18 Å². The minimum atomic E-state index is -4.55. The maximum atomic E-state index is 12.5. The van der Waals surface area contributed by atoms with Gasteiger partial charge in [0.15, 0.2) is 0 Å². The highest BCUT2D eigenvalue weighted by molar-refractivity contribution is 7.92. The molecule has 0 amide bonds. The zero-order valence-electron chi connectivity index (χ0n) is 10.1. The first-order valence-corrected chi connectivity index (χ1v) is 7.56. The first-order valence-electron chi connectivity index (χ1n) is 5.53. The molecule has 3 nitrogen and oxygen atoms in total. The van der Waals surface area contributed by atoms with Gasteiger partial charge in [-0.2, -0.15) is 13.2 Å². The molecule has 8 heteroatoms. The summed E-state index contributed by atoms with van der Waals surface area (Å²) in [7, 11) is -3.68.